The van der Waals surface area contributed by atoms with Crippen LogP contribution in [0.5, 0.6) is 0 Å². The molecule has 214 valence electrons. The van der Waals surface area contributed by atoms with Crippen LogP contribution in [0.15, 0.2) is 71.5 Å². The summed E-state index contributed by atoms with van der Waals surface area (Å²) >= 11 is 0. The Kier molecular flexibility index (Phi) is 10.8. The van der Waals surface area contributed by atoms with Gasteiger partial charge >= 0.3 is 0 Å². The smallest absolute Gasteiger partial charge is 0.206 e. The molecule has 0 bridgehead atoms. The van der Waals surface area contributed by atoms with Gasteiger partial charge in [-0.2, -0.15) is 0 Å². The lowest BCUT2D eigenvalue weighted by Gasteiger charge is -2.39. The molecule has 1 fully saturated rings. The second-order valence-corrected chi connectivity index (χ2v) is 10.7. The number of piperazine rings is 1. The van der Waals surface area contributed by atoms with E-state index < -0.39 is 0 Å². The Balaban J connectivity index is 1.48. The van der Waals surface area contributed by atoms with E-state index in [9.17, 15) is 13.6 Å². The highest BCUT2D eigenvalue weighted by Gasteiger charge is 2.27. The lowest BCUT2D eigenvalue weighted by molar-refractivity contribution is 0.104. The highest BCUT2D eigenvalue weighted by Crippen LogP contribution is 2.30. The van der Waals surface area contributed by atoms with Crippen LogP contribution in [0.3, 0.4) is 0 Å². The van der Waals surface area contributed by atoms with E-state index in [0.29, 0.717) is 31.2 Å². The molecule has 0 amide bonds. The predicted molar refractivity (Wildman–Crippen MR) is 159 cm³/mol. The molecule has 0 spiro atoms. The summed E-state index contributed by atoms with van der Waals surface area (Å²) in [5, 5.41) is 6.59. The van der Waals surface area contributed by atoms with Crippen molar-refractivity contribution in [3.63, 3.8) is 0 Å². The molecule has 1 heterocycles. The zero-order chi connectivity index (χ0) is 28.5. The summed E-state index contributed by atoms with van der Waals surface area (Å²) in [4.78, 5) is 18.2. The number of hydrogen-bond acceptors (Lipinski definition) is 6. The normalized spacial score (nSPS) is 14.7. The van der Waals surface area contributed by atoms with Crippen LogP contribution in [0, 0.1) is 11.6 Å². The van der Waals surface area contributed by atoms with Crippen LogP contribution in [0.4, 0.5) is 14.5 Å². The van der Waals surface area contributed by atoms with Gasteiger partial charge in [0, 0.05) is 64.5 Å². The third-order valence-electron chi connectivity index (χ3n) is 7.47. The summed E-state index contributed by atoms with van der Waals surface area (Å²) < 4.78 is 27.3. The molecule has 0 unspecified atom stereocenters. The summed E-state index contributed by atoms with van der Waals surface area (Å²) in [6.07, 6.45) is 0. The van der Waals surface area contributed by atoms with Crippen molar-refractivity contribution >= 4 is 5.69 Å². The van der Waals surface area contributed by atoms with Crippen LogP contribution in [0.25, 0.3) is 0 Å². The molecule has 0 saturated carbocycles. The minimum absolute atomic E-state index is 0.0312. The first-order valence-electron chi connectivity index (χ1n) is 14.1. The highest BCUT2D eigenvalue weighted by atomic mass is 19.1. The molecule has 3 aromatic carbocycles. The molecule has 0 aromatic heterocycles. The number of halogens is 2. The van der Waals surface area contributed by atoms with Gasteiger partial charge in [0.1, 0.15) is 11.6 Å². The number of anilines is 1. The van der Waals surface area contributed by atoms with E-state index in [-0.39, 0.29) is 23.1 Å². The number of benzene rings is 2. The van der Waals surface area contributed by atoms with Gasteiger partial charge in [-0.3, -0.25) is 14.6 Å². The monoisotopic (exact) mass is 549 g/mol. The molecule has 0 aliphatic carbocycles. The number of hydrogen-bond donors (Lipinski definition) is 3. The van der Waals surface area contributed by atoms with E-state index >= 15 is 0 Å². The minimum atomic E-state index is -0.280. The lowest BCUT2D eigenvalue weighted by Crippen LogP contribution is -2.47. The summed E-state index contributed by atoms with van der Waals surface area (Å²) in [5.41, 5.74) is 10.0. The fourth-order valence-electron chi connectivity index (χ4n) is 5.18. The number of nitrogens with zero attached hydrogens (tertiary/aromatic N) is 2. The molecule has 6 nitrogen and oxygen atoms in total. The van der Waals surface area contributed by atoms with Crippen molar-refractivity contribution in [2.24, 2.45) is 5.73 Å². The molecule has 3 aromatic rings. The molecule has 0 radical (unpaired) electrons. The van der Waals surface area contributed by atoms with E-state index in [2.05, 4.69) is 40.3 Å². The van der Waals surface area contributed by atoms with Crippen molar-refractivity contribution in [2.45, 2.75) is 32.4 Å². The molecule has 4 N–H and O–H groups in total. The van der Waals surface area contributed by atoms with Crippen molar-refractivity contribution in [1.29, 1.82) is 0 Å². The summed E-state index contributed by atoms with van der Waals surface area (Å²) in [7, 11) is 0. The van der Waals surface area contributed by atoms with Gasteiger partial charge < -0.3 is 16.4 Å². The molecule has 1 aliphatic rings. The topological polar surface area (TPSA) is 73.6 Å². The summed E-state index contributed by atoms with van der Waals surface area (Å²) in [5.74, 6) is -0.261. The Hall–Kier alpha value is -3.17. The second-order valence-electron chi connectivity index (χ2n) is 10.7. The predicted octanol–water partition coefficient (Wildman–Crippen LogP) is 4.32. The van der Waals surface area contributed by atoms with Crippen LogP contribution in [0.2, 0.25) is 0 Å². The van der Waals surface area contributed by atoms with Gasteiger partial charge in [-0.25, -0.2) is 8.78 Å². The molecule has 4 rings (SSSR count). The molecular weight excluding hydrogens is 508 g/mol. The van der Waals surface area contributed by atoms with E-state index in [4.69, 9.17) is 5.73 Å². The average molecular weight is 550 g/mol. The molecule has 0 atom stereocenters. The molecule has 40 heavy (non-hydrogen) atoms. The first kappa shape index (κ1) is 29.8. The number of nitrogens with two attached hydrogens (primary N) is 1. The first-order valence-corrected chi connectivity index (χ1v) is 14.1. The van der Waals surface area contributed by atoms with Crippen molar-refractivity contribution in [1.82, 2.24) is 15.1 Å². The standard InChI is InChI=1S/C32H41F2N5O/c1-23(2)26-3-4-27(32(40)30(21-26)37-16-15-36-14-13-35)22-38-17-19-39(20-18-38)31(24-5-9-28(33)10-6-24)25-7-11-29(34)12-8-25/h3-12,21,23,31,36H,13-20,22,35H2,1-2H3,(H,37,40). The number of rotatable bonds is 12. The van der Waals surface area contributed by atoms with Crippen LogP contribution >= 0.6 is 0 Å². The Morgan fingerprint density at radius 2 is 1.38 bits per heavy atom. The average Bonchev–Trinajstić information content (AvgIpc) is 3.10. The fourth-order valence-corrected chi connectivity index (χ4v) is 5.18. The third-order valence-corrected chi connectivity index (χ3v) is 7.47. The van der Waals surface area contributed by atoms with E-state index in [1.165, 1.54) is 24.3 Å². The van der Waals surface area contributed by atoms with Crippen LogP contribution < -0.4 is 21.8 Å². The molecule has 8 heteroatoms. The van der Waals surface area contributed by atoms with Gasteiger partial charge in [0.2, 0.25) is 5.43 Å². The van der Waals surface area contributed by atoms with Gasteiger partial charge in [0.25, 0.3) is 0 Å². The largest absolute Gasteiger partial charge is 0.381 e. The van der Waals surface area contributed by atoms with Crippen molar-refractivity contribution in [2.75, 3.05) is 57.7 Å². The third kappa shape index (κ3) is 7.95. The molecular formula is C32H41F2N5O. The van der Waals surface area contributed by atoms with Gasteiger partial charge in [-0.1, -0.05) is 50.2 Å². The first-order chi connectivity index (χ1) is 19.4. The maximum Gasteiger partial charge on any atom is 0.206 e. The second kappa shape index (κ2) is 14.5. The number of nitrogens with one attached hydrogen (secondary N) is 2. The highest BCUT2D eigenvalue weighted by molar-refractivity contribution is 5.48. The van der Waals surface area contributed by atoms with E-state index in [1.54, 1.807) is 24.3 Å². The van der Waals surface area contributed by atoms with Crippen LogP contribution in [0.1, 0.15) is 48.1 Å². The lowest BCUT2D eigenvalue weighted by atomic mass is 9.96. The van der Waals surface area contributed by atoms with Crippen molar-refractivity contribution in [3.8, 4) is 0 Å². The SMILES string of the molecule is CC(C)c1ccc(CN2CCN(C(c3ccc(F)cc3)c3ccc(F)cc3)CC2)c(=O)c(NCCNCCN)c1. The van der Waals surface area contributed by atoms with Crippen LogP contribution in [-0.2, 0) is 6.54 Å². The van der Waals surface area contributed by atoms with E-state index in [1.807, 2.05) is 12.1 Å². The van der Waals surface area contributed by atoms with Gasteiger partial charge in [-0.05, 0) is 52.9 Å². The Morgan fingerprint density at radius 3 is 1.93 bits per heavy atom. The maximum absolute atomic E-state index is 13.7. The Morgan fingerprint density at radius 1 is 0.800 bits per heavy atom. The summed E-state index contributed by atoms with van der Waals surface area (Å²) in [6, 6.07) is 19.0. The molecule has 1 saturated heterocycles. The maximum atomic E-state index is 13.7. The van der Waals surface area contributed by atoms with Crippen molar-refractivity contribution in [3.05, 3.63) is 111 Å². The van der Waals surface area contributed by atoms with Gasteiger partial charge in [0.15, 0.2) is 0 Å². The van der Waals surface area contributed by atoms with Crippen LogP contribution in [-0.4, -0.2) is 62.2 Å². The van der Waals surface area contributed by atoms with E-state index in [0.717, 1.165) is 61.5 Å². The summed E-state index contributed by atoms with van der Waals surface area (Å²) in [6.45, 7) is 10.6. The zero-order valence-electron chi connectivity index (χ0n) is 23.5. The Bertz CT molecular complexity index is 1230. The minimum Gasteiger partial charge on any atom is -0.381 e. The zero-order valence-corrected chi connectivity index (χ0v) is 23.5. The van der Waals surface area contributed by atoms with Crippen molar-refractivity contribution < 1.29 is 8.78 Å². The van der Waals surface area contributed by atoms with Gasteiger partial charge in [0.05, 0.1) is 11.7 Å². The van der Waals surface area contributed by atoms with Gasteiger partial charge in [-0.15, -0.1) is 0 Å². The fraction of sp³-hybridized carbons (Fsp3) is 0.406. The molecule has 1 aliphatic heterocycles. The quantitative estimate of drug-likeness (QED) is 0.293. The Labute approximate surface area is 236 Å².